The Morgan fingerprint density at radius 1 is 1.13 bits per heavy atom. The molecule has 0 rings (SSSR count). The van der Waals surface area contributed by atoms with Crippen LogP contribution in [0.15, 0.2) is 0 Å². The van der Waals surface area contributed by atoms with Crippen LogP contribution in [0.1, 0.15) is 34.6 Å². The molecule has 2 N–H and O–H groups in total. The predicted molar refractivity (Wildman–Crippen MR) is 90.3 cm³/mol. The van der Waals surface area contributed by atoms with Crippen molar-refractivity contribution in [1.29, 1.82) is 0 Å². The number of alkyl carbamates (subject to hydrolysis) is 1. The maximum atomic E-state index is 12.4. The zero-order chi connectivity index (χ0) is 18.2. The molecule has 0 saturated heterocycles. The number of hydrogen-bond acceptors (Lipinski definition) is 6. The van der Waals surface area contributed by atoms with E-state index in [0.717, 1.165) is 0 Å². The first-order valence-corrected chi connectivity index (χ1v) is 8.77. The summed E-state index contributed by atoms with van der Waals surface area (Å²) in [5.74, 6) is -0.756. The maximum Gasteiger partial charge on any atom is 0.408 e. The van der Waals surface area contributed by atoms with Gasteiger partial charge in [-0.15, -0.1) is 0 Å². The summed E-state index contributed by atoms with van der Waals surface area (Å²) in [6, 6.07) is -1.57. The van der Waals surface area contributed by atoms with Gasteiger partial charge < -0.3 is 20.1 Å². The quantitative estimate of drug-likeness (QED) is 0.678. The smallest absolute Gasteiger partial charge is 0.408 e. The van der Waals surface area contributed by atoms with Gasteiger partial charge in [0.05, 0.1) is 7.11 Å². The third-order valence-corrected chi connectivity index (χ3v) is 3.42. The third-order valence-electron chi connectivity index (χ3n) is 2.76. The van der Waals surface area contributed by atoms with Gasteiger partial charge in [0, 0.05) is 5.75 Å². The Balaban J connectivity index is 4.91. The number of carbonyl (C=O) groups is 3. The number of rotatable bonds is 7. The number of carbonyl (C=O) groups excluding carboxylic acids is 3. The molecule has 0 spiro atoms. The lowest BCUT2D eigenvalue weighted by Gasteiger charge is -2.26. The van der Waals surface area contributed by atoms with Gasteiger partial charge in [-0.25, -0.2) is 9.59 Å². The van der Waals surface area contributed by atoms with Gasteiger partial charge in [-0.05, 0) is 32.9 Å². The fourth-order valence-corrected chi connectivity index (χ4v) is 2.26. The molecule has 0 radical (unpaired) electrons. The Morgan fingerprint density at radius 3 is 2.09 bits per heavy atom. The molecule has 2 amide bonds. The van der Waals surface area contributed by atoms with Crippen LogP contribution in [0.2, 0.25) is 0 Å². The van der Waals surface area contributed by atoms with Crippen molar-refractivity contribution in [2.75, 3.05) is 19.1 Å². The minimum absolute atomic E-state index is 0.171. The average Bonchev–Trinajstić information content (AvgIpc) is 2.41. The first-order valence-electron chi connectivity index (χ1n) is 7.38. The molecule has 7 nitrogen and oxygen atoms in total. The van der Waals surface area contributed by atoms with Gasteiger partial charge in [0.2, 0.25) is 5.91 Å². The molecule has 23 heavy (non-hydrogen) atoms. The van der Waals surface area contributed by atoms with Crippen molar-refractivity contribution in [3.8, 4) is 0 Å². The largest absolute Gasteiger partial charge is 0.467 e. The molecule has 2 atom stereocenters. The molecule has 0 aliphatic heterocycles. The number of thioether (sulfide) groups is 1. The predicted octanol–water partition coefficient (Wildman–Crippen LogP) is 1.56. The van der Waals surface area contributed by atoms with Crippen LogP contribution < -0.4 is 10.6 Å². The summed E-state index contributed by atoms with van der Waals surface area (Å²) < 4.78 is 9.84. The van der Waals surface area contributed by atoms with E-state index in [4.69, 9.17) is 4.74 Å². The Morgan fingerprint density at radius 2 is 1.70 bits per heavy atom. The molecule has 0 heterocycles. The number of nitrogens with one attached hydrogen (secondary N) is 2. The Labute approximate surface area is 142 Å². The molecule has 0 bridgehead atoms. The lowest BCUT2D eigenvalue weighted by Crippen LogP contribution is -2.55. The van der Waals surface area contributed by atoms with E-state index in [1.807, 2.05) is 6.26 Å². The van der Waals surface area contributed by atoms with Crippen LogP contribution in [0.4, 0.5) is 4.79 Å². The van der Waals surface area contributed by atoms with Crippen LogP contribution in [-0.4, -0.2) is 54.8 Å². The first-order chi connectivity index (χ1) is 10.5. The molecule has 0 saturated carbocycles. The number of esters is 1. The van der Waals surface area contributed by atoms with E-state index in [-0.39, 0.29) is 5.92 Å². The van der Waals surface area contributed by atoms with E-state index in [0.29, 0.717) is 5.75 Å². The van der Waals surface area contributed by atoms with Gasteiger partial charge in [0.1, 0.15) is 17.7 Å². The highest BCUT2D eigenvalue weighted by Crippen LogP contribution is 2.09. The van der Waals surface area contributed by atoms with Gasteiger partial charge in [0.15, 0.2) is 0 Å². The molecule has 0 aliphatic carbocycles. The second kappa shape index (κ2) is 9.64. The zero-order valence-electron chi connectivity index (χ0n) is 14.9. The topological polar surface area (TPSA) is 93.7 Å². The SMILES string of the molecule is COC(=O)C(CSC)NC(=O)C(NC(=O)OC(C)(C)C)C(C)C. The van der Waals surface area contributed by atoms with Crippen LogP contribution in [-0.2, 0) is 19.1 Å². The number of hydrogen-bond donors (Lipinski definition) is 2. The van der Waals surface area contributed by atoms with Crippen molar-refractivity contribution in [1.82, 2.24) is 10.6 Å². The second-order valence-corrected chi connectivity index (χ2v) is 7.32. The van der Waals surface area contributed by atoms with Crippen molar-refractivity contribution >= 4 is 29.7 Å². The fraction of sp³-hybridized carbons (Fsp3) is 0.800. The monoisotopic (exact) mass is 348 g/mol. The van der Waals surface area contributed by atoms with Crippen molar-refractivity contribution in [2.24, 2.45) is 5.92 Å². The summed E-state index contributed by atoms with van der Waals surface area (Å²) in [7, 11) is 1.26. The van der Waals surface area contributed by atoms with E-state index < -0.39 is 35.7 Å². The van der Waals surface area contributed by atoms with E-state index in [1.54, 1.807) is 34.6 Å². The standard InChI is InChI=1S/C15H28N2O5S/c1-9(2)11(17-14(20)22-15(3,4)5)12(18)16-10(8-23-7)13(19)21-6/h9-11H,8H2,1-7H3,(H,16,18)(H,17,20). The summed E-state index contributed by atoms with van der Waals surface area (Å²) in [5, 5.41) is 5.16. The first kappa shape index (κ1) is 21.6. The zero-order valence-corrected chi connectivity index (χ0v) is 15.7. The maximum absolute atomic E-state index is 12.4. The normalized spacial score (nSPS) is 13.9. The molecule has 0 aromatic rings. The molecule has 0 aliphatic rings. The van der Waals surface area contributed by atoms with E-state index in [2.05, 4.69) is 15.4 Å². The molecular weight excluding hydrogens is 320 g/mol. The molecule has 0 aromatic carbocycles. The molecule has 2 unspecified atom stereocenters. The second-order valence-electron chi connectivity index (χ2n) is 6.41. The highest BCUT2D eigenvalue weighted by atomic mass is 32.2. The van der Waals surface area contributed by atoms with Gasteiger partial charge in [-0.3, -0.25) is 4.79 Å². The third kappa shape index (κ3) is 8.68. The van der Waals surface area contributed by atoms with Crippen LogP contribution in [0.5, 0.6) is 0 Å². The van der Waals surface area contributed by atoms with E-state index in [9.17, 15) is 14.4 Å². The van der Waals surface area contributed by atoms with Crippen molar-refractivity contribution < 1.29 is 23.9 Å². The van der Waals surface area contributed by atoms with Crippen LogP contribution >= 0.6 is 11.8 Å². The lowest BCUT2D eigenvalue weighted by molar-refractivity contribution is -0.144. The van der Waals surface area contributed by atoms with Crippen molar-refractivity contribution in [3.63, 3.8) is 0 Å². The fourth-order valence-electron chi connectivity index (χ4n) is 1.71. The molecular formula is C15H28N2O5S. The van der Waals surface area contributed by atoms with E-state index >= 15 is 0 Å². The highest BCUT2D eigenvalue weighted by Gasteiger charge is 2.30. The number of ether oxygens (including phenoxy) is 2. The number of amides is 2. The van der Waals surface area contributed by atoms with Gasteiger partial charge in [0.25, 0.3) is 0 Å². The minimum Gasteiger partial charge on any atom is -0.467 e. The average molecular weight is 348 g/mol. The summed E-state index contributed by atoms with van der Waals surface area (Å²) in [6.07, 6.45) is 1.15. The summed E-state index contributed by atoms with van der Waals surface area (Å²) >= 11 is 1.41. The van der Waals surface area contributed by atoms with E-state index in [1.165, 1.54) is 18.9 Å². The van der Waals surface area contributed by atoms with Gasteiger partial charge in [-0.1, -0.05) is 13.8 Å². The molecule has 8 heteroatoms. The van der Waals surface area contributed by atoms with Crippen LogP contribution in [0.3, 0.4) is 0 Å². The molecule has 134 valence electrons. The highest BCUT2D eigenvalue weighted by molar-refractivity contribution is 7.98. The lowest BCUT2D eigenvalue weighted by atomic mass is 10.0. The van der Waals surface area contributed by atoms with Gasteiger partial charge in [-0.2, -0.15) is 11.8 Å². The van der Waals surface area contributed by atoms with Gasteiger partial charge >= 0.3 is 12.1 Å². The Kier molecular flexibility index (Phi) is 9.04. The van der Waals surface area contributed by atoms with Crippen LogP contribution in [0, 0.1) is 5.92 Å². The minimum atomic E-state index is -0.807. The molecule has 0 aromatic heterocycles. The molecule has 0 fully saturated rings. The summed E-state index contributed by atoms with van der Waals surface area (Å²) in [6.45, 7) is 8.81. The Bertz CT molecular complexity index is 421. The summed E-state index contributed by atoms with van der Waals surface area (Å²) in [4.78, 5) is 35.9. The Hall–Kier alpha value is -1.44. The summed E-state index contributed by atoms with van der Waals surface area (Å²) in [5.41, 5.74) is -0.657. The van der Waals surface area contributed by atoms with Crippen molar-refractivity contribution in [3.05, 3.63) is 0 Å². The van der Waals surface area contributed by atoms with Crippen molar-refractivity contribution in [2.45, 2.75) is 52.3 Å². The number of methoxy groups -OCH3 is 1. The van der Waals surface area contributed by atoms with Crippen LogP contribution in [0.25, 0.3) is 0 Å².